The van der Waals surface area contributed by atoms with Crippen LogP contribution in [-0.2, 0) is 19.3 Å². The minimum absolute atomic E-state index is 0.212. The summed E-state index contributed by atoms with van der Waals surface area (Å²) in [4.78, 5) is 4.32. The number of fused-ring (bicyclic) bond motifs is 1. The van der Waals surface area contributed by atoms with Gasteiger partial charge in [0.15, 0.2) is 0 Å². The van der Waals surface area contributed by atoms with Gasteiger partial charge in [0.1, 0.15) is 0 Å². The van der Waals surface area contributed by atoms with Crippen molar-refractivity contribution in [3.8, 4) is 0 Å². The molecule has 0 amide bonds. The van der Waals surface area contributed by atoms with Crippen molar-refractivity contribution in [3.63, 3.8) is 0 Å². The van der Waals surface area contributed by atoms with Gasteiger partial charge in [-0.1, -0.05) is 0 Å². The maximum Gasteiger partial charge on any atom is 0.0486 e. The lowest BCUT2D eigenvalue weighted by atomic mass is 9.90. The molecule has 2 rings (SSSR count). The quantitative estimate of drug-likeness (QED) is 0.742. The highest BCUT2D eigenvalue weighted by Crippen LogP contribution is 2.22. The van der Waals surface area contributed by atoms with Gasteiger partial charge in [-0.05, 0) is 42.9 Å². The molecule has 0 spiro atoms. The molecule has 1 aromatic rings. The van der Waals surface area contributed by atoms with Crippen molar-refractivity contribution in [2.24, 2.45) is 0 Å². The van der Waals surface area contributed by atoms with Crippen LogP contribution in [0, 0.1) is 0 Å². The van der Waals surface area contributed by atoms with Crippen molar-refractivity contribution in [3.05, 3.63) is 29.1 Å². The largest absolute Gasteiger partial charge is 0.396 e. The minimum Gasteiger partial charge on any atom is -0.396 e. The summed E-state index contributed by atoms with van der Waals surface area (Å²) in [6, 6.07) is 2.12. The van der Waals surface area contributed by atoms with E-state index in [4.69, 9.17) is 5.11 Å². The Balaban J connectivity index is 2.34. The zero-order valence-corrected chi connectivity index (χ0v) is 7.79. The third-order valence-corrected chi connectivity index (χ3v) is 2.71. The van der Waals surface area contributed by atoms with Crippen LogP contribution < -0.4 is 0 Å². The second-order valence-corrected chi connectivity index (χ2v) is 3.58. The van der Waals surface area contributed by atoms with E-state index in [0.29, 0.717) is 6.42 Å². The summed E-state index contributed by atoms with van der Waals surface area (Å²) in [6.07, 6.45) is 7.50. The SMILES string of the molecule is OCCc1nccc2c1CCCC2. The average molecular weight is 177 g/mol. The summed E-state index contributed by atoms with van der Waals surface area (Å²) < 4.78 is 0. The van der Waals surface area contributed by atoms with Gasteiger partial charge in [0.2, 0.25) is 0 Å². The standard InChI is InChI=1S/C11H15NO/c13-8-6-11-10-4-2-1-3-9(10)5-7-12-11/h5,7,13H,1-4,6,8H2. The molecule has 0 saturated carbocycles. The van der Waals surface area contributed by atoms with Gasteiger partial charge in [0.25, 0.3) is 0 Å². The van der Waals surface area contributed by atoms with Crippen molar-refractivity contribution >= 4 is 0 Å². The molecule has 70 valence electrons. The lowest BCUT2D eigenvalue weighted by Gasteiger charge is -2.17. The van der Waals surface area contributed by atoms with Crippen molar-refractivity contribution < 1.29 is 5.11 Å². The molecule has 0 saturated heterocycles. The highest BCUT2D eigenvalue weighted by Gasteiger charge is 2.12. The van der Waals surface area contributed by atoms with Crippen molar-refractivity contribution in [2.45, 2.75) is 32.1 Å². The predicted octanol–water partition coefficient (Wildman–Crippen LogP) is 1.50. The van der Waals surface area contributed by atoms with Gasteiger partial charge in [-0.2, -0.15) is 0 Å². The number of aliphatic hydroxyl groups excluding tert-OH is 1. The first kappa shape index (κ1) is 8.70. The van der Waals surface area contributed by atoms with E-state index in [2.05, 4.69) is 11.1 Å². The van der Waals surface area contributed by atoms with E-state index < -0.39 is 0 Å². The first-order valence-electron chi connectivity index (χ1n) is 4.98. The third kappa shape index (κ3) is 1.73. The summed E-state index contributed by atoms with van der Waals surface area (Å²) in [5.41, 5.74) is 3.97. The van der Waals surface area contributed by atoms with E-state index in [9.17, 15) is 0 Å². The van der Waals surface area contributed by atoms with Crippen LogP contribution in [0.15, 0.2) is 12.3 Å². The monoisotopic (exact) mass is 177 g/mol. The summed E-state index contributed by atoms with van der Waals surface area (Å²) in [5, 5.41) is 8.88. The van der Waals surface area contributed by atoms with Crippen molar-refractivity contribution in [2.75, 3.05) is 6.61 Å². The molecule has 0 atom stereocenters. The van der Waals surface area contributed by atoms with E-state index in [0.717, 1.165) is 12.1 Å². The van der Waals surface area contributed by atoms with Gasteiger partial charge in [-0.15, -0.1) is 0 Å². The van der Waals surface area contributed by atoms with Crippen LogP contribution in [0.25, 0.3) is 0 Å². The highest BCUT2D eigenvalue weighted by atomic mass is 16.3. The number of pyridine rings is 1. The van der Waals surface area contributed by atoms with E-state index in [1.165, 1.54) is 30.4 Å². The van der Waals surface area contributed by atoms with E-state index in [-0.39, 0.29) is 6.61 Å². The molecule has 1 aromatic heterocycles. The van der Waals surface area contributed by atoms with Gasteiger partial charge >= 0.3 is 0 Å². The number of aryl methyl sites for hydroxylation is 1. The van der Waals surface area contributed by atoms with Crippen molar-refractivity contribution in [1.29, 1.82) is 0 Å². The molecule has 2 heteroatoms. The maximum absolute atomic E-state index is 8.88. The maximum atomic E-state index is 8.88. The zero-order valence-electron chi connectivity index (χ0n) is 7.79. The number of nitrogens with zero attached hydrogens (tertiary/aromatic N) is 1. The van der Waals surface area contributed by atoms with Gasteiger partial charge < -0.3 is 5.11 Å². The van der Waals surface area contributed by atoms with E-state index >= 15 is 0 Å². The normalized spacial score (nSPS) is 15.5. The van der Waals surface area contributed by atoms with Crippen LogP contribution >= 0.6 is 0 Å². The Morgan fingerprint density at radius 2 is 2.15 bits per heavy atom. The first-order chi connectivity index (χ1) is 6.42. The van der Waals surface area contributed by atoms with Gasteiger partial charge in [-0.25, -0.2) is 0 Å². The fourth-order valence-corrected chi connectivity index (χ4v) is 2.06. The zero-order chi connectivity index (χ0) is 9.10. The summed E-state index contributed by atoms with van der Waals surface area (Å²) in [5.74, 6) is 0. The molecule has 1 heterocycles. The highest BCUT2D eigenvalue weighted by molar-refractivity contribution is 5.32. The summed E-state index contributed by atoms with van der Waals surface area (Å²) in [7, 11) is 0. The second kappa shape index (κ2) is 3.88. The molecule has 0 unspecified atom stereocenters. The molecule has 1 aliphatic rings. The number of hydrogen-bond donors (Lipinski definition) is 1. The molecule has 13 heavy (non-hydrogen) atoms. The molecular formula is C11H15NO. The topological polar surface area (TPSA) is 33.1 Å². The van der Waals surface area contributed by atoms with E-state index in [1.54, 1.807) is 0 Å². The van der Waals surface area contributed by atoms with Crippen LogP contribution in [0.4, 0.5) is 0 Å². The third-order valence-electron chi connectivity index (χ3n) is 2.71. The average Bonchev–Trinajstić information content (AvgIpc) is 2.19. The summed E-state index contributed by atoms with van der Waals surface area (Å²) >= 11 is 0. The van der Waals surface area contributed by atoms with Crippen LogP contribution in [0.1, 0.15) is 29.7 Å². The number of hydrogen-bond acceptors (Lipinski definition) is 2. The Kier molecular flexibility index (Phi) is 2.60. The molecule has 0 fully saturated rings. The molecular weight excluding hydrogens is 162 g/mol. The van der Waals surface area contributed by atoms with Crippen LogP contribution in [0.3, 0.4) is 0 Å². The Bertz CT molecular complexity index is 296. The van der Waals surface area contributed by atoms with E-state index in [1.807, 2.05) is 6.20 Å². The number of aliphatic hydroxyl groups is 1. The van der Waals surface area contributed by atoms with Gasteiger partial charge in [0, 0.05) is 24.9 Å². The first-order valence-corrected chi connectivity index (χ1v) is 4.98. The van der Waals surface area contributed by atoms with Crippen molar-refractivity contribution in [1.82, 2.24) is 4.98 Å². The second-order valence-electron chi connectivity index (χ2n) is 3.58. The molecule has 1 aliphatic carbocycles. The van der Waals surface area contributed by atoms with Gasteiger partial charge in [-0.3, -0.25) is 4.98 Å². The molecule has 0 aromatic carbocycles. The fraction of sp³-hybridized carbons (Fsp3) is 0.545. The Labute approximate surface area is 78.6 Å². The number of rotatable bonds is 2. The lowest BCUT2D eigenvalue weighted by Crippen LogP contribution is -2.09. The smallest absolute Gasteiger partial charge is 0.0486 e. The Morgan fingerprint density at radius 3 is 3.00 bits per heavy atom. The Morgan fingerprint density at radius 1 is 1.31 bits per heavy atom. The molecule has 2 nitrogen and oxygen atoms in total. The number of aromatic nitrogens is 1. The van der Waals surface area contributed by atoms with Crippen LogP contribution in [-0.4, -0.2) is 16.7 Å². The fourth-order valence-electron chi connectivity index (χ4n) is 2.06. The molecule has 1 N–H and O–H groups in total. The summed E-state index contributed by atoms with van der Waals surface area (Å²) in [6.45, 7) is 0.212. The molecule has 0 radical (unpaired) electrons. The predicted molar refractivity (Wildman–Crippen MR) is 51.7 cm³/mol. The Hall–Kier alpha value is -0.890. The lowest BCUT2D eigenvalue weighted by molar-refractivity contribution is 0.297. The molecule has 0 bridgehead atoms. The van der Waals surface area contributed by atoms with Crippen LogP contribution in [0.5, 0.6) is 0 Å². The van der Waals surface area contributed by atoms with Gasteiger partial charge in [0.05, 0.1) is 0 Å². The van der Waals surface area contributed by atoms with Crippen LogP contribution in [0.2, 0.25) is 0 Å². The minimum atomic E-state index is 0.212. The molecule has 0 aliphatic heterocycles.